The molecule has 3 aromatic heterocycles. The predicted octanol–water partition coefficient (Wildman–Crippen LogP) is 4.96. The quantitative estimate of drug-likeness (QED) is 0.483. The first-order valence-electron chi connectivity index (χ1n) is 9.98. The molecule has 0 saturated carbocycles. The Kier molecular flexibility index (Phi) is 5.12. The summed E-state index contributed by atoms with van der Waals surface area (Å²) < 4.78 is 15.6. The second-order valence-corrected chi connectivity index (χ2v) is 8.83. The third-order valence-electron chi connectivity index (χ3n) is 4.88. The van der Waals surface area contributed by atoms with E-state index >= 15 is 0 Å². The highest BCUT2D eigenvalue weighted by molar-refractivity contribution is 5.80. The van der Waals surface area contributed by atoms with E-state index in [0.29, 0.717) is 0 Å². The molecule has 30 heavy (non-hydrogen) atoms. The number of hydrogen-bond acceptors (Lipinski definition) is 4. The largest absolute Gasteiger partial charge is 0.305 e. The monoisotopic (exact) mass is 403 g/mol. The summed E-state index contributed by atoms with van der Waals surface area (Å²) in [6, 6.07) is 12.5. The number of imidazole rings is 1. The Labute approximate surface area is 176 Å². The maximum absolute atomic E-state index is 13.5. The van der Waals surface area contributed by atoms with E-state index in [-0.39, 0.29) is 11.2 Å². The van der Waals surface area contributed by atoms with Crippen LogP contribution in [0.2, 0.25) is 0 Å². The van der Waals surface area contributed by atoms with Gasteiger partial charge in [0.25, 0.3) is 0 Å². The second-order valence-electron chi connectivity index (χ2n) is 8.83. The Bertz CT molecular complexity index is 1190. The van der Waals surface area contributed by atoms with Gasteiger partial charge in [0, 0.05) is 29.9 Å². The molecule has 0 N–H and O–H groups in total. The molecule has 0 aliphatic rings. The normalized spacial score (nSPS) is 12.1. The number of fused-ring (bicyclic) bond motifs is 1. The number of pyridine rings is 1. The van der Waals surface area contributed by atoms with E-state index in [1.165, 1.54) is 17.7 Å². The molecule has 4 aromatic rings. The standard InChI is InChI=1S/C24H26FN5/c1-24(2,3)23-26-12-10-19(27-23)22-21(17-6-8-18(25)9-7-17)28-20-14-16(15-29(4)5)11-13-30(20)22/h6-14H,15H2,1-5H3. The van der Waals surface area contributed by atoms with Crippen molar-refractivity contribution in [3.05, 3.63) is 72.1 Å². The van der Waals surface area contributed by atoms with Gasteiger partial charge in [-0.25, -0.2) is 19.3 Å². The summed E-state index contributed by atoms with van der Waals surface area (Å²) in [5.41, 5.74) is 5.12. The molecule has 0 unspecified atom stereocenters. The summed E-state index contributed by atoms with van der Waals surface area (Å²) >= 11 is 0. The fraction of sp³-hybridized carbons (Fsp3) is 0.292. The van der Waals surface area contributed by atoms with Crippen LogP contribution in [0, 0.1) is 5.82 Å². The van der Waals surface area contributed by atoms with E-state index in [4.69, 9.17) is 9.97 Å². The Morgan fingerprint density at radius 3 is 2.40 bits per heavy atom. The lowest BCUT2D eigenvalue weighted by atomic mass is 9.95. The molecular formula is C24H26FN5. The Morgan fingerprint density at radius 2 is 1.73 bits per heavy atom. The van der Waals surface area contributed by atoms with Crippen LogP contribution in [-0.2, 0) is 12.0 Å². The van der Waals surface area contributed by atoms with Crippen molar-refractivity contribution in [3.63, 3.8) is 0 Å². The first kappa shape index (κ1) is 20.2. The number of aromatic nitrogens is 4. The van der Waals surface area contributed by atoms with Crippen LogP contribution < -0.4 is 0 Å². The van der Waals surface area contributed by atoms with Crippen molar-refractivity contribution in [1.29, 1.82) is 0 Å². The Morgan fingerprint density at radius 1 is 1.00 bits per heavy atom. The Balaban J connectivity index is 1.96. The summed E-state index contributed by atoms with van der Waals surface area (Å²) in [6.07, 6.45) is 3.82. The van der Waals surface area contributed by atoms with E-state index in [0.717, 1.165) is 40.7 Å². The van der Waals surface area contributed by atoms with E-state index < -0.39 is 0 Å². The molecule has 1 aromatic carbocycles. The van der Waals surface area contributed by atoms with Gasteiger partial charge in [-0.15, -0.1) is 0 Å². The summed E-state index contributed by atoms with van der Waals surface area (Å²) in [4.78, 5) is 16.4. The molecule has 0 saturated heterocycles. The summed E-state index contributed by atoms with van der Waals surface area (Å²) in [5, 5.41) is 0. The van der Waals surface area contributed by atoms with Crippen molar-refractivity contribution >= 4 is 5.65 Å². The molecule has 154 valence electrons. The van der Waals surface area contributed by atoms with Gasteiger partial charge < -0.3 is 4.90 Å². The number of halogens is 1. The molecule has 0 spiro atoms. The molecule has 6 heteroatoms. The average molecular weight is 404 g/mol. The van der Waals surface area contributed by atoms with Gasteiger partial charge in [-0.2, -0.15) is 0 Å². The molecule has 0 fully saturated rings. The molecule has 0 bridgehead atoms. The van der Waals surface area contributed by atoms with Gasteiger partial charge in [-0.05, 0) is 62.1 Å². The third-order valence-corrected chi connectivity index (χ3v) is 4.88. The fourth-order valence-corrected chi connectivity index (χ4v) is 3.46. The highest BCUT2D eigenvalue weighted by atomic mass is 19.1. The van der Waals surface area contributed by atoms with Crippen molar-refractivity contribution in [3.8, 4) is 22.6 Å². The molecule has 0 amide bonds. The van der Waals surface area contributed by atoms with Crippen LogP contribution in [0.1, 0.15) is 32.2 Å². The first-order chi connectivity index (χ1) is 14.2. The lowest BCUT2D eigenvalue weighted by Crippen LogP contribution is -2.16. The SMILES string of the molecule is CN(C)Cc1ccn2c(-c3ccnc(C(C)(C)C)n3)c(-c3ccc(F)cc3)nc2c1. The van der Waals surface area contributed by atoms with Gasteiger partial charge >= 0.3 is 0 Å². The van der Waals surface area contributed by atoms with Crippen LogP contribution in [0.15, 0.2) is 54.9 Å². The van der Waals surface area contributed by atoms with Crippen molar-refractivity contribution in [2.75, 3.05) is 14.1 Å². The van der Waals surface area contributed by atoms with Crippen LogP contribution in [0.3, 0.4) is 0 Å². The fourth-order valence-electron chi connectivity index (χ4n) is 3.46. The van der Waals surface area contributed by atoms with Crippen molar-refractivity contribution in [2.45, 2.75) is 32.7 Å². The van der Waals surface area contributed by atoms with Crippen LogP contribution in [0.4, 0.5) is 4.39 Å². The second kappa shape index (κ2) is 7.61. The zero-order valence-corrected chi connectivity index (χ0v) is 18.0. The van der Waals surface area contributed by atoms with E-state index in [9.17, 15) is 4.39 Å². The lowest BCUT2D eigenvalue weighted by molar-refractivity contribution is 0.402. The minimum absolute atomic E-state index is 0.175. The van der Waals surface area contributed by atoms with Crippen molar-refractivity contribution in [1.82, 2.24) is 24.3 Å². The zero-order chi connectivity index (χ0) is 21.5. The molecular weight excluding hydrogens is 377 g/mol. The molecule has 0 aliphatic carbocycles. The maximum Gasteiger partial charge on any atom is 0.138 e. The van der Waals surface area contributed by atoms with E-state index in [1.54, 1.807) is 18.3 Å². The zero-order valence-electron chi connectivity index (χ0n) is 18.0. The highest BCUT2D eigenvalue weighted by Gasteiger charge is 2.22. The Hall–Kier alpha value is -3.12. The number of benzene rings is 1. The van der Waals surface area contributed by atoms with Crippen LogP contribution in [-0.4, -0.2) is 38.3 Å². The molecule has 4 rings (SSSR count). The minimum Gasteiger partial charge on any atom is -0.305 e. The van der Waals surface area contributed by atoms with Crippen LogP contribution in [0.25, 0.3) is 28.3 Å². The molecule has 0 radical (unpaired) electrons. The van der Waals surface area contributed by atoms with Crippen LogP contribution >= 0.6 is 0 Å². The van der Waals surface area contributed by atoms with Gasteiger partial charge in [0.2, 0.25) is 0 Å². The number of rotatable bonds is 4. The predicted molar refractivity (Wildman–Crippen MR) is 118 cm³/mol. The summed E-state index contributed by atoms with van der Waals surface area (Å²) in [7, 11) is 4.08. The minimum atomic E-state index is -0.269. The van der Waals surface area contributed by atoms with Crippen molar-refractivity contribution in [2.24, 2.45) is 0 Å². The van der Waals surface area contributed by atoms with Gasteiger partial charge in [0.1, 0.15) is 17.3 Å². The van der Waals surface area contributed by atoms with Gasteiger partial charge in [0.15, 0.2) is 0 Å². The molecule has 3 heterocycles. The molecule has 0 atom stereocenters. The van der Waals surface area contributed by atoms with Gasteiger partial charge in [-0.1, -0.05) is 20.8 Å². The van der Waals surface area contributed by atoms with E-state index in [1.807, 2.05) is 30.8 Å². The van der Waals surface area contributed by atoms with Gasteiger partial charge in [-0.3, -0.25) is 4.40 Å². The first-order valence-corrected chi connectivity index (χ1v) is 9.98. The van der Waals surface area contributed by atoms with Gasteiger partial charge in [0.05, 0.1) is 17.1 Å². The number of nitrogens with zero attached hydrogens (tertiary/aromatic N) is 5. The molecule has 5 nitrogen and oxygen atoms in total. The third kappa shape index (κ3) is 3.96. The summed E-state index contributed by atoms with van der Waals surface area (Å²) in [5.74, 6) is 0.499. The highest BCUT2D eigenvalue weighted by Crippen LogP contribution is 2.33. The number of hydrogen-bond donors (Lipinski definition) is 0. The van der Waals surface area contributed by atoms with Crippen LogP contribution in [0.5, 0.6) is 0 Å². The lowest BCUT2D eigenvalue weighted by Gasteiger charge is -2.17. The summed E-state index contributed by atoms with van der Waals surface area (Å²) in [6.45, 7) is 7.10. The smallest absolute Gasteiger partial charge is 0.138 e. The maximum atomic E-state index is 13.5. The average Bonchev–Trinajstić information content (AvgIpc) is 3.06. The van der Waals surface area contributed by atoms with Crippen molar-refractivity contribution < 1.29 is 4.39 Å². The molecule has 0 aliphatic heterocycles. The topological polar surface area (TPSA) is 46.3 Å². The van der Waals surface area contributed by atoms with E-state index in [2.05, 4.69) is 42.8 Å².